The van der Waals surface area contributed by atoms with Crippen LogP contribution in [0.15, 0.2) is 48.5 Å². The van der Waals surface area contributed by atoms with Crippen molar-refractivity contribution in [2.24, 2.45) is 0 Å². The molecule has 2 aliphatic rings. The highest BCUT2D eigenvalue weighted by atomic mass is 19.4. The predicted molar refractivity (Wildman–Crippen MR) is 119 cm³/mol. The minimum Gasteiger partial charge on any atom is -0.394 e. The number of aliphatic hydroxyl groups is 1. The number of nitrogens with one attached hydrogen (secondary N) is 1. The molecule has 170 valence electrons. The zero-order valence-corrected chi connectivity index (χ0v) is 17.6. The standard InChI is InChI=1S/C24H26F3N3O2/c25-24(26,27)19-4-7-20(8-5-19)29-11-13-30(14-12-29)21(16-31)6-1-17-2-9-22-18(15-17)3-10-23(32)28-22/h1-2,4-9,15,21,31H,3,10-14,16H2,(H,28,32)/b6-1+. The van der Waals surface area contributed by atoms with Crippen LogP contribution in [0.2, 0.25) is 0 Å². The van der Waals surface area contributed by atoms with E-state index in [1.165, 1.54) is 12.1 Å². The maximum absolute atomic E-state index is 12.8. The van der Waals surface area contributed by atoms with Crippen molar-refractivity contribution in [2.75, 3.05) is 43.0 Å². The van der Waals surface area contributed by atoms with Gasteiger partial charge in [-0.3, -0.25) is 9.69 Å². The van der Waals surface area contributed by atoms with E-state index in [0.29, 0.717) is 32.6 Å². The van der Waals surface area contributed by atoms with Gasteiger partial charge in [0.25, 0.3) is 0 Å². The summed E-state index contributed by atoms with van der Waals surface area (Å²) in [5.41, 5.74) is 3.11. The second kappa shape index (κ2) is 9.34. The lowest BCUT2D eigenvalue weighted by Crippen LogP contribution is -2.50. The number of amides is 1. The van der Waals surface area contributed by atoms with Gasteiger partial charge in [0.2, 0.25) is 5.91 Å². The highest BCUT2D eigenvalue weighted by Crippen LogP contribution is 2.31. The summed E-state index contributed by atoms with van der Waals surface area (Å²) in [4.78, 5) is 15.7. The molecule has 1 fully saturated rings. The van der Waals surface area contributed by atoms with Crippen molar-refractivity contribution in [3.8, 4) is 0 Å². The Balaban J connectivity index is 1.35. The van der Waals surface area contributed by atoms with Crippen molar-refractivity contribution < 1.29 is 23.1 Å². The van der Waals surface area contributed by atoms with E-state index in [2.05, 4.69) is 21.2 Å². The van der Waals surface area contributed by atoms with Gasteiger partial charge >= 0.3 is 6.18 Å². The molecule has 1 unspecified atom stereocenters. The molecule has 0 bridgehead atoms. The molecule has 2 aliphatic heterocycles. The zero-order chi connectivity index (χ0) is 22.7. The minimum atomic E-state index is -4.33. The summed E-state index contributed by atoms with van der Waals surface area (Å²) in [6.07, 6.45) is 0.849. The highest BCUT2D eigenvalue weighted by Gasteiger charge is 2.30. The van der Waals surface area contributed by atoms with Gasteiger partial charge in [0.15, 0.2) is 0 Å². The lowest BCUT2D eigenvalue weighted by molar-refractivity contribution is -0.137. The van der Waals surface area contributed by atoms with E-state index >= 15 is 0 Å². The number of nitrogens with zero attached hydrogens (tertiary/aromatic N) is 2. The first kappa shape index (κ1) is 22.4. The van der Waals surface area contributed by atoms with Gasteiger partial charge in [-0.15, -0.1) is 0 Å². The quantitative estimate of drug-likeness (QED) is 0.736. The SMILES string of the molecule is O=C1CCc2cc(/C=C/C(CO)N3CCN(c4ccc(C(F)(F)F)cc4)CC3)ccc2N1. The molecule has 5 nitrogen and oxygen atoms in total. The van der Waals surface area contributed by atoms with Crippen LogP contribution in [0.4, 0.5) is 24.5 Å². The molecule has 1 saturated heterocycles. The maximum atomic E-state index is 12.8. The largest absolute Gasteiger partial charge is 0.416 e. The maximum Gasteiger partial charge on any atom is 0.416 e. The number of hydrogen-bond acceptors (Lipinski definition) is 4. The summed E-state index contributed by atoms with van der Waals surface area (Å²) in [5.74, 6) is 0.0385. The number of hydrogen-bond donors (Lipinski definition) is 2. The van der Waals surface area contributed by atoms with E-state index in [1.54, 1.807) is 0 Å². The van der Waals surface area contributed by atoms with Crippen LogP contribution in [0.25, 0.3) is 6.08 Å². The van der Waals surface area contributed by atoms with Crippen LogP contribution in [0.5, 0.6) is 0 Å². The van der Waals surface area contributed by atoms with Crippen LogP contribution in [0.3, 0.4) is 0 Å². The number of halogens is 3. The molecule has 1 amide bonds. The molecule has 2 aromatic rings. The number of piperazine rings is 1. The molecule has 0 saturated carbocycles. The van der Waals surface area contributed by atoms with Gasteiger partial charge in [-0.2, -0.15) is 13.2 Å². The second-order valence-corrected chi connectivity index (χ2v) is 8.14. The van der Waals surface area contributed by atoms with Crippen LogP contribution in [-0.2, 0) is 17.4 Å². The monoisotopic (exact) mass is 445 g/mol. The van der Waals surface area contributed by atoms with Crippen molar-refractivity contribution in [2.45, 2.75) is 25.1 Å². The fourth-order valence-corrected chi connectivity index (χ4v) is 4.20. The normalized spacial score (nSPS) is 18.5. The van der Waals surface area contributed by atoms with Gasteiger partial charge in [-0.25, -0.2) is 0 Å². The molecule has 2 aromatic carbocycles. The minimum absolute atomic E-state index is 0.0161. The molecule has 1 atom stereocenters. The van der Waals surface area contributed by atoms with Gasteiger partial charge in [0.1, 0.15) is 0 Å². The van der Waals surface area contributed by atoms with E-state index in [0.717, 1.165) is 41.1 Å². The third-order valence-corrected chi connectivity index (χ3v) is 6.07. The number of aryl methyl sites for hydroxylation is 1. The van der Waals surface area contributed by atoms with Gasteiger partial charge in [0.05, 0.1) is 18.2 Å². The number of fused-ring (bicyclic) bond motifs is 1. The van der Waals surface area contributed by atoms with Crippen LogP contribution in [0, 0.1) is 0 Å². The highest BCUT2D eigenvalue weighted by molar-refractivity contribution is 5.94. The average molecular weight is 445 g/mol. The van der Waals surface area contributed by atoms with Crippen molar-refractivity contribution in [1.29, 1.82) is 0 Å². The summed E-state index contributed by atoms with van der Waals surface area (Å²) in [6.45, 7) is 2.74. The Morgan fingerprint density at radius 3 is 2.41 bits per heavy atom. The molecule has 0 spiro atoms. The van der Waals surface area contributed by atoms with Crippen molar-refractivity contribution in [3.63, 3.8) is 0 Å². The number of anilines is 2. The van der Waals surface area contributed by atoms with E-state index in [1.807, 2.05) is 24.3 Å². The number of alkyl halides is 3. The summed E-state index contributed by atoms with van der Waals surface area (Å²) in [5, 5.41) is 12.8. The summed E-state index contributed by atoms with van der Waals surface area (Å²) in [6, 6.07) is 11.0. The van der Waals surface area contributed by atoms with Crippen LogP contribution in [0.1, 0.15) is 23.1 Å². The Morgan fingerprint density at radius 2 is 1.75 bits per heavy atom. The van der Waals surface area contributed by atoms with E-state index in [9.17, 15) is 23.1 Å². The summed E-state index contributed by atoms with van der Waals surface area (Å²) >= 11 is 0. The molecule has 0 radical (unpaired) electrons. The zero-order valence-electron chi connectivity index (χ0n) is 17.6. The summed E-state index contributed by atoms with van der Waals surface area (Å²) in [7, 11) is 0. The molecule has 0 aliphatic carbocycles. The Morgan fingerprint density at radius 1 is 1.03 bits per heavy atom. The van der Waals surface area contributed by atoms with Crippen LogP contribution >= 0.6 is 0 Å². The first-order valence-corrected chi connectivity index (χ1v) is 10.7. The van der Waals surface area contributed by atoms with Crippen molar-refractivity contribution in [1.82, 2.24) is 4.90 Å². The number of rotatable bonds is 5. The first-order valence-electron chi connectivity index (χ1n) is 10.7. The molecular weight excluding hydrogens is 419 g/mol. The molecule has 4 rings (SSSR count). The average Bonchev–Trinajstić information content (AvgIpc) is 2.79. The number of benzene rings is 2. The Bertz CT molecular complexity index is 981. The smallest absolute Gasteiger partial charge is 0.394 e. The van der Waals surface area contributed by atoms with E-state index in [4.69, 9.17) is 0 Å². The molecule has 8 heteroatoms. The number of aliphatic hydroxyl groups excluding tert-OH is 1. The first-order chi connectivity index (χ1) is 15.3. The fourth-order valence-electron chi connectivity index (χ4n) is 4.20. The number of carbonyl (C=O) groups excluding carboxylic acids is 1. The molecule has 32 heavy (non-hydrogen) atoms. The van der Waals surface area contributed by atoms with Gasteiger partial charge in [0, 0.05) is 44.0 Å². The molecule has 2 heterocycles. The molecule has 0 aromatic heterocycles. The fraction of sp³-hybridized carbons (Fsp3) is 0.375. The second-order valence-electron chi connectivity index (χ2n) is 8.14. The lowest BCUT2D eigenvalue weighted by Gasteiger charge is -2.39. The van der Waals surface area contributed by atoms with Gasteiger partial charge in [-0.05, 0) is 53.9 Å². The Kier molecular flexibility index (Phi) is 6.53. The van der Waals surface area contributed by atoms with E-state index < -0.39 is 11.7 Å². The summed E-state index contributed by atoms with van der Waals surface area (Å²) < 4.78 is 38.3. The lowest BCUT2D eigenvalue weighted by atomic mass is 10.00. The van der Waals surface area contributed by atoms with Crippen molar-refractivity contribution in [3.05, 3.63) is 65.2 Å². The van der Waals surface area contributed by atoms with Crippen molar-refractivity contribution >= 4 is 23.4 Å². The third kappa shape index (κ3) is 5.14. The predicted octanol–water partition coefficient (Wildman–Crippen LogP) is 3.79. The molecule has 2 N–H and O–H groups in total. The van der Waals surface area contributed by atoms with Crippen LogP contribution < -0.4 is 10.2 Å². The third-order valence-electron chi connectivity index (χ3n) is 6.07. The van der Waals surface area contributed by atoms with E-state index in [-0.39, 0.29) is 18.6 Å². The van der Waals surface area contributed by atoms with Gasteiger partial charge in [-0.1, -0.05) is 18.2 Å². The van der Waals surface area contributed by atoms with Crippen LogP contribution in [-0.4, -0.2) is 54.7 Å². The topological polar surface area (TPSA) is 55.8 Å². The Hall–Kier alpha value is -2.84. The molecular formula is C24H26F3N3O2. The number of carbonyl (C=O) groups is 1. The Labute approximate surface area is 185 Å². The van der Waals surface area contributed by atoms with Gasteiger partial charge < -0.3 is 15.3 Å².